The van der Waals surface area contributed by atoms with Crippen molar-refractivity contribution >= 4 is 33.0 Å². The number of ether oxygens (including phenoxy) is 1. The minimum Gasteiger partial charge on any atom is -0.495 e. The van der Waals surface area contributed by atoms with Crippen LogP contribution in [0.2, 0.25) is 0 Å². The normalized spacial score (nSPS) is 13.2. The summed E-state index contributed by atoms with van der Waals surface area (Å²) in [6, 6.07) is 2.94. The van der Waals surface area contributed by atoms with E-state index in [9.17, 15) is 19.1 Å². The quantitative estimate of drug-likeness (QED) is 0.487. The van der Waals surface area contributed by atoms with E-state index in [-0.39, 0.29) is 17.1 Å². The van der Waals surface area contributed by atoms with E-state index in [0.29, 0.717) is 0 Å². The molecule has 8 nitrogen and oxygen atoms in total. The number of carbonyl (C=O) groups is 1. The van der Waals surface area contributed by atoms with Crippen LogP contribution in [0.3, 0.4) is 0 Å². The second-order valence-corrected chi connectivity index (χ2v) is 5.92. The number of carbonyl (C=O) groups excluding carboxylic acids is 1. The van der Waals surface area contributed by atoms with Crippen molar-refractivity contribution in [2.24, 2.45) is 0 Å². The summed E-state index contributed by atoms with van der Waals surface area (Å²) in [6.07, 6.45) is 1.25. The van der Waals surface area contributed by atoms with Crippen LogP contribution in [-0.2, 0) is 9.71 Å². The molecule has 1 aromatic rings. The van der Waals surface area contributed by atoms with Crippen molar-refractivity contribution in [3.8, 4) is 5.75 Å². The first kappa shape index (κ1) is 14.8. The number of nitrogens with one attached hydrogen (secondary N) is 2. The number of hydrogen-bond acceptors (Lipinski definition) is 5. The largest absolute Gasteiger partial charge is 0.495 e. The van der Waals surface area contributed by atoms with Crippen LogP contribution in [0.15, 0.2) is 18.2 Å². The molecule has 19 heavy (non-hydrogen) atoms. The molecule has 0 aliphatic heterocycles. The lowest BCUT2D eigenvalue weighted by Gasteiger charge is -2.11. The van der Waals surface area contributed by atoms with Gasteiger partial charge in [0.25, 0.3) is 5.69 Å². The van der Waals surface area contributed by atoms with Gasteiger partial charge in [0.15, 0.2) is 0 Å². The number of nitro benzene ring substituents is 1. The van der Waals surface area contributed by atoms with E-state index in [2.05, 4.69) is 15.9 Å². The second kappa shape index (κ2) is 5.57. The van der Waals surface area contributed by atoms with E-state index in [1.54, 1.807) is 0 Å². The van der Waals surface area contributed by atoms with Crippen molar-refractivity contribution in [2.75, 3.05) is 18.7 Å². The van der Waals surface area contributed by atoms with Gasteiger partial charge in [-0.1, -0.05) is 0 Å². The number of nitrogens with zero attached hydrogens (tertiary/aromatic N) is 1. The number of hydrogen-bond donors (Lipinski definition) is 2. The average molecular weight is 287 g/mol. The zero-order chi connectivity index (χ0) is 14.6. The first-order valence-electron chi connectivity index (χ1n) is 4.96. The van der Waals surface area contributed by atoms with Gasteiger partial charge in [-0.3, -0.25) is 14.8 Å². The highest BCUT2D eigenvalue weighted by molar-refractivity contribution is 7.98. The molecule has 1 rings (SSSR count). The maximum absolute atomic E-state index is 11.5. The van der Waals surface area contributed by atoms with Crippen LogP contribution in [-0.4, -0.2) is 34.4 Å². The minimum absolute atomic E-state index is 0.0952. The van der Waals surface area contributed by atoms with Crippen molar-refractivity contribution in [1.82, 2.24) is 4.72 Å². The number of nitro groups is 1. The van der Waals surface area contributed by atoms with Gasteiger partial charge < -0.3 is 10.1 Å². The Morgan fingerprint density at radius 2 is 2.16 bits per heavy atom. The van der Waals surface area contributed by atoms with E-state index in [1.807, 2.05) is 0 Å². The third kappa shape index (κ3) is 4.47. The lowest BCUT2D eigenvalue weighted by atomic mass is 10.2. The number of urea groups is 1. The Hall–Kier alpha value is -2.29. The molecule has 0 aliphatic carbocycles. The molecule has 0 heterocycles. The molecule has 0 aliphatic rings. The predicted octanol–water partition coefficient (Wildman–Crippen LogP) is 0.986. The van der Waals surface area contributed by atoms with Gasteiger partial charge in [-0.15, -0.1) is 0 Å². The van der Waals surface area contributed by atoms with Gasteiger partial charge in [0.2, 0.25) is 0 Å². The van der Waals surface area contributed by atoms with Gasteiger partial charge in [0.1, 0.15) is 5.75 Å². The number of amides is 2. The Morgan fingerprint density at radius 1 is 1.53 bits per heavy atom. The van der Waals surface area contributed by atoms with Crippen molar-refractivity contribution in [1.29, 1.82) is 0 Å². The fourth-order valence-electron chi connectivity index (χ4n) is 1.25. The topological polar surface area (TPSA) is 111 Å². The van der Waals surface area contributed by atoms with Crippen LogP contribution < -0.4 is 14.8 Å². The molecule has 1 atom stereocenters. The molecule has 0 fully saturated rings. The zero-order valence-electron chi connectivity index (χ0n) is 10.3. The van der Waals surface area contributed by atoms with Gasteiger partial charge in [-0.2, -0.15) is 0 Å². The molecule has 0 saturated carbocycles. The second-order valence-electron chi connectivity index (χ2n) is 3.70. The minimum atomic E-state index is -2.73. The fraction of sp³-hybridized carbons (Fsp3) is 0.200. The summed E-state index contributed by atoms with van der Waals surface area (Å²) in [5.74, 6) is 3.50. The monoisotopic (exact) mass is 287 g/mol. The Morgan fingerprint density at radius 3 is 2.63 bits per heavy atom. The summed E-state index contributed by atoms with van der Waals surface area (Å²) >= 11 is 0. The molecule has 2 N–H and O–H groups in total. The van der Waals surface area contributed by atoms with E-state index in [4.69, 9.17) is 4.74 Å². The molecule has 1 unspecified atom stereocenters. The molecular weight excluding hydrogens is 274 g/mol. The number of anilines is 1. The summed E-state index contributed by atoms with van der Waals surface area (Å²) in [4.78, 5) is 21.6. The van der Waals surface area contributed by atoms with Crippen molar-refractivity contribution in [2.45, 2.75) is 0 Å². The van der Waals surface area contributed by atoms with Crippen LogP contribution in [0.25, 0.3) is 0 Å². The Balaban J connectivity index is 3.01. The molecule has 1 aromatic carbocycles. The van der Waals surface area contributed by atoms with Crippen molar-refractivity contribution in [3.05, 3.63) is 28.3 Å². The predicted molar refractivity (Wildman–Crippen MR) is 73.0 cm³/mol. The van der Waals surface area contributed by atoms with Gasteiger partial charge >= 0.3 is 6.03 Å². The van der Waals surface area contributed by atoms with Gasteiger partial charge in [-0.25, -0.2) is 9.00 Å². The van der Waals surface area contributed by atoms with Crippen LogP contribution in [0.5, 0.6) is 5.75 Å². The third-order valence-corrected chi connectivity index (χ3v) is 2.57. The molecule has 0 bridgehead atoms. The Labute approximate surface area is 110 Å². The first-order chi connectivity index (χ1) is 8.73. The molecule has 104 valence electrons. The van der Waals surface area contributed by atoms with Gasteiger partial charge in [0.05, 0.1) is 17.7 Å². The lowest BCUT2D eigenvalue weighted by molar-refractivity contribution is -0.384. The van der Waals surface area contributed by atoms with E-state index < -0.39 is 20.7 Å². The first-order valence-corrected chi connectivity index (χ1v) is 7.10. The molecule has 0 aromatic heterocycles. The van der Waals surface area contributed by atoms with Crippen LogP contribution in [0.4, 0.5) is 16.2 Å². The molecule has 0 spiro atoms. The maximum Gasteiger partial charge on any atom is 0.330 e. The number of non-ortho nitro benzene ring substituents is 1. The number of benzene rings is 1. The molecule has 0 radical (unpaired) electrons. The molecular formula is C10H13N3O5S. The number of rotatable bonds is 4. The van der Waals surface area contributed by atoms with Crippen LogP contribution in [0.1, 0.15) is 0 Å². The third-order valence-electron chi connectivity index (χ3n) is 1.95. The average Bonchev–Trinajstić information content (AvgIpc) is 2.26. The van der Waals surface area contributed by atoms with Crippen molar-refractivity contribution in [3.63, 3.8) is 0 Å². The summed E-state index contributed by atoms with van der Waals surface area (Å²) in [7, 11) is -1.37. The summed E-state index contributed by atoms with van der Waals surface area (Å²) in [6.45, 7) is 0. The van der Waals surface area contributed by atoms with Crippen molar-refractivity contribution < 1.29 is 18.7 Å². The van der Waals surface area contributed by atoms with E-state index in [1.165, 1.54) is 25.5 Å². The highest BCUT2D eigenvalue weighted by atomic mass is 32.2. The Kier molecular flexibility index (Phi) is 4.33. The lowest BCUT2D eigenvalue weighted by Crippen LogP contribution is -2.33. The van der Waals surface area contributed by atoms with Gasteiger partial charge in [-0.05, 0) is 11.9 Å². The highest BCUT2D eigenvalue weighted by Gasteiger charge is 2.14. The SMILES string of the molecule is C=S(C)(=O)NC(=O)Nc1cc([N+](=O)[O-])ccc1OC. The zero-order valence-corrected chi connectivity index (χ0v) is 11.2. The molecule has 2 amide bonds. The summed E-state index contributed by atoms with van der Waals surface area (Å²) in [5.41, 5.74) is -0.110. The smallest absolute Gasteiger partial charge is 0.330 e. The highest BCUT2D eigenvalue weighted by Crippen LogP contribution is 2.28. The summed E-state index contributed by atoms with van der Waals surface area (Å²) < 4.78 is 18.4. The van der Waals surface area contributed by atoms with E-state index in [0.717, 1.165) is 6.07 Å². The summed E-state index contributed by atoms with van der Waals surface area (Å²) in [5, 5.41) is 13.0. The van der Waals surface area contributed by atoms with E-state index >= 15 is 0 Å². The van der Waals surface area contributed by atoms with Crippen LogP contribution in [0, 0.1) is 10.1 Å². The Bertz CT molecular complexity index is 612. The van der Waals surface area contributed by atoms with Crippen LogP contribution >= 0.6 is 0 Å². The maximum atomic E-state index is 11.5. The molecule has 9 heteroatoms. The molecule has 0 saturated heterocycles. The van der Waals surface area contributed by atoms with Gasteiger partial charge in [0, 0.05) is 28.1 Å². The standard InChI is InChI=1S/C10H13N3O5S/c1-18-9-5-4-7(13(15)16)6-8(9)11-10(14)12-19(2,3)17/h4-6H,2H2,1,3H3,(H2,11,12,14,17). The fourth-order valence-corrected chi connectivity index (χ4v) is 1.69. The number of methoxy groups -OCH3 is 1.